The largest absolute Gasteiger partial charge is 0.264 e. The predicted octanol–water partition coefficient (Wildman–Crippen LogP) is -3.34. The number of nitrogens with zero attached hydrogens (tertiary/aromatic N) is 2. The van der Waals surface area contributed by atoms with Gasteiger partial charge in [-0.2, -0.15) is 0 Å². The third-order valence-corrected chi connectivity index (χ3v) is 2.25. The van der Waals surface area contributed by atoms with Crippen LogP contribution < -0.4 is 23.2 Å². The number of hydrogen-bond acceptors (Lipinski definition) is 6. The zero-order valence-electron chi connectivity index (χ0n) is 10.5. The summed E-state index contributed by atoms with van der Waals surface area (Å²) in [5, 5.41) is 10.6. The van der Waals surface area contributed by atoms with Crippen LogP contribution in [-0.2, 0) is 6.54 Å². The molecule has 0 bridgehead atoms. The third-order valence-electron chi connectivity index (χ3n) is 2.25. The highest BCUT2D eigenvalue weighted by Crippen LogP contribution is 2.12. The molecule has 0 aromatic carbocycles. The number of pyridine rings is 1. The molecule has 108 valence electrons. The Morgan fingerprint density at radius 3 is 1.89 bits per heavy atom. The van der Waals surface area contributed by atoms with Crippen LogP contribution in [0.5, 0.6) is 0 Å². The van der Waals surface area contributed by atoms with E-state index in [-0.39, 0.29) is 4.92 Å². The van der Waals surface area contributed by atoms with Crippen molar-refractivity contribution < 1.29 is 38.4 Å². The highest BCUT2D eigenvalue weighted by Gasteiger charge is 2.31. The summed E-state index contributed by atoms with van der Waals surface area (Å²) in [6, 6.07) is 5.76. The molecule has 1 aromatic heterocycles. The summed E-state index contributed by atoms with van der Waals surface area (Å²) in [6.45, 7) is 3.97. The van der Waals surface area contributed by atoms with Gasteiger partial charge in [-0.3, -0.25) is 10.1 Å². The van der Waals surface area contributed by atoms with Gasteiger partial charge < -0.3 is 0 Å². The first kappa shape index (κ1) is 17.7. The molecule has 0 saturated carbocycles. The molecule has 19 heavy (non-hydrogen) atoms. The minimum atomic E-state index is -4.94. The first-order valence-electron chi connectivity index (χ1n) is 5.23. The van der Waals surface area contributed by atoms with Crippen molar-refractivity contribution in [3.05, 3.63) is 40.7 Å². The summed E-state index contributed by atoms with van der Waals surface area (Å²) in [4.78, 5) is 10.4. The molecular formula is C10H15ClN2O6. The van der Waals surface area contributed by atoms with Crippen molar-refractivity contribution in [1.82, 2.24) is 0 Å². The second-order valence-corrected chi connectivity index (χ2v) is 5.07. The molecule has 0 radical (unpaired) electrons. The van der Waals surface area contributed by atoms with Crippen molar-refractivity contribution >= 4 is 0 Å². The van der Waals surface area contributed by atoms with Crippen LogP contribution in [0.1, 0.15) is 20.3 Å². The maximum Gasteiger partial charge on any atom is 0.222 e. The molecule has 0 spiro atoms. The fourth-order valence-corrected chi connectivity index (χ4v) is 1.08. The number of aromatic nitrogens is 1. The Hall–Kier alpha value is -1.32. The van der Waals surface area contributed by atoms with E-state index in [9.17, 15) is 10.1 Å². The molecule has 0 unspecified atom stereocenters. The van der Waals surface area contributed by atoms with E-state index in [1.807, 2.05) is 35.2 Å². The lowest BCUT2D eigenvalue weighted by Gasteiger charge is -2.17. The molecule has 0 saturated heterocycles. The topological polar surface area (TPSA) is 139 Å². The Kier molecular flexibility index (Phi) is 6.81. The molecule has 9 heteroatoms. The standard InChI is InChI=1S/C10H15N2O2.ClHO4/c1-10(2,12(13)14)6-9-11-7-4-3-5-8-11;2-1(3,4)5/h3-5,7-8H,6,9H2,1-2H3;(H,2,3,4,5)/q+1;/p-1. The third kappa shape index (κ3) is 10.3. The molecule has 1 aromatic rings. The van der Waals surface area contributed by atoms with Crippen molar-refractivity contribution in [3.63, 3.8) is 0 Å². The molecular weight excluding hydrogens is 280 g/mol. The van der Waals surface area contributed by atoms with Gasteiger partial charge in [-0.05, 0) is 0 Å². The molecule has 0 fully saturated rings. The Morgan fingerprint density at radius 2 is 1.53 bits per heavy atom. The van der Waals surface area contributed by atoms with Crippen LogP contribution in [0.25, 0.3) is 0 Å². The van der Waals surface area contributed by atoms with Gasteiger partial charge >= 0.3 is 0 Å². The Bertz CT molecular complexity index is 387. The van der Waals surface area contributed by atoms with Gasteiger partial charge in [0, 0.05) is 30.9 Å². The summed E-state index contributed by atoms with van der Waals surface area (Å²) in [5.74, 6) is 0. The van der Waals surface area contributed by atoms with E-state index in [0.29, 0.717) is 13.0 Å². The molecule has 0 aliphatic heterocycles. The lowest BCUT2D eigenvalue weighted by molar-refractivity contribution is -2.00. The maximum absolute atomic E-state index is 10.6. The smallest absolute Gasteiger partial charge is 0.222 e. The van der Waals surface area contributed by atoms with Gasteiger partial charge in [0.05, 0.1) is 6.42 Å². The lowest BCUT2D eigenvalue weighted by Crippen LogP contribution is -2.68. The maximum atomic E-state index is 10.6. The van der Waals surface area contributed by atoms with Crippen molar-refractivity contribution in [3.8, 4) is 0 Å². The molecule has 0 aliphatic carbocycles. The summed E-state index contributed by atoms with van der Waals surface area (Å²) >= 11 is 0. The van der Waals surface area contributed by atoms with Crippen LogP contribution >= 0.6 is 0 Å². The average Bonchev–Trinajstić information content (AvgIpc) is 2.25. The molecule has 1 heterocycles. The number of halogens is 1. The number of aryl methyl sites for hydroxylation is 1. The highest BCUT2D eigenvalue weighted by atomic mass is 35.7. The van der Waals surface area contributed by atoms with E-state index in [1.165, 1.54) is 0 Å². The first-order chi connectivity index (χ1) is 8.52. The van der Waals surface area contributed by atoms with Gasteiger partial charge in [0.15, 0.2) is 18.9 Å². The van der Waals surface area contributed by atoms with Crippen molar-refractivity contribution in [2.45, 2.75) is 32.4 Å². The van der Waals surface area contributed by atoms with Crippen LogP contribution in [0.2, 0.25) is 0 Å². The first-order valence-corrected chi connectivity index (χ1v) is 6.46. The van der Waals surface area contributed by atoms with Gasteiger partial charge in [-0.25, -0.2) is 23.2 Å². The molecule has 0 aliphatic rings. The number of nitro groups is 1. The van der Waals surface area contributed by atoms with E-state index >= 15 is 0 Å². The van der Waals surface area contributed by atoms with E-state index in [1.54, 1.807) is 13.8 Å². The zero-order valence-corrected chi connectivity index (χ0v) is 11.3. The van der Waals surface area contributed by atoms with Crippen LogP contribution in [0, 0.1) is 20.4 Å². The Morgan fingerprint density at radius 1 is 1.11 bits per heavy atom. The van der Waals surface area contributed by atoms with Gasteiger partial charge in [-0.15, -0.1) is 10.2 Å². The fraction of sp³-hybridized carbons (Fsp3) is 0.500. The molecule has 0 amide bonds. The Balaban J connectivity index is 0.000000555. The number of hydrogen-bond donors (Lipinski definition) is 0. The number of rotatable bonds is 4. The normalized spacial score (nSPS) is 11.5. The van der Waals surface area contributed by atoms with Crippen molar-refractivity contribution in [2.24, 2.45) is 0 Å². The fourth-order valence-electron chi connectivity index (χ4n) is 1.08. The summed E-state index contributed by atoms with van der Waals surface area (Å²) in [5.41, 5.74) is -0.844. The van der Waals surface area contributed by atoms with Gasteiger partial charge in [0.25, 0.3) is 0 Å². The van der Waals surface area contributed by atoms with Gasteiger partial charge in [0.1, 0.15) is 0 Å². The van der Waals surface area contributed by atoms with Crippen LogP contribution in [0.15, 0.2) is 30.6 Å². The zero-order chi connectivity index (χ0) is 15.1. The Labute approximate surface area is 112 Å². The monoisotopic (exact) mass is 294 g/mol. The highest BCUT2D eigenvalue weighted by molar-refractivity contribution is 4.83. The summed E-state index contributed by atoms with van der Waals surface area (Å²) in [6.07, 6.45) is 4.36. The van der Waals surface area contributed by atoms with Crippen molar-refractivity contribution in [2.75, 3.05) is 0 Å². The summed E-state index contributed by atoms with van der Waals surface area (Å²) in [7, 11) is -4.94. The van der Waals surface area contributed by atoms with Crippen molar-refractivity contribution in [1.29, 1.82) is 0 Å². The van der Waals surface area contributed by atoms with E-state index in [4.69, 9.17) is 18.6 Å². The SMILES string of the molecule is CC(C)(CC[n+]1ccccc1)[N+](=O)[O-].[O-][Cl+3]([O-])([O-])[O-]. The summed E-state index contributed by atoms with van der Waals surface area (Å²) < 4.78 is 35.9. The molecule has 1 rings (SSSR count). The second kappa shape index (κ2) is 7.31. The molecule has 8 nitrogen and oxygen atoms in total. The molecule has 0 atom stereocenters. The van der Waals surface area contributed by atoms with Crippen LogP contribution in [0.3, 0.4) is 0 Å². The van der Waals surface area contributed by atoms with Crippen LogP contribution in [0.4, 0.5) is 0 Å². The van der Waals surface area contributed by atoms with Gasteiger partial charge in [-0.1, -0.05) is 6.07 Å². The van der Waals surface area contributed by atoms with Gasteiger partial charge in [0.2, 0.25) is 5.54 Å². The lowest BCUT2D eigenvalue weighted by atomic mass is 10.0. The van der Waals surface area contributed by atoms with E-state index in [2.05, 4.69) is 0 Å². The van der Waals surface area contributed by atoms with Crippen LogP contribution in [-0.4, -0.2) is 10.5 Å². The second-order valence-electron chi connectivity index (χ2n) is 4.31. The predicted molar refractivity (Wildman–Crippen MR) is 52.3 cm³/mol. The molecule has 0 N–H and O–H groups in total. The average molecular weight is 295 g/mol. The minimum Gasteiger partial charge on any atom is -0.264 e. The quantitative estimate of drug-likeness (QED) is 0.323. The van der Waals surface area contributed by atoms with E-state index < -0.39 is 15.8 Å². The van der Waals surface area contributed by atoms with E-state index in [0.717, 1.165) is 0 Å². The minimum absolute atomic E-state index is 0.226.